The molecule has 1 saturated heterocycles. The van der Waals surface area contributed by atoms with Crippen molar-refractivity contribution in [1.82, 2.24) is 10.2 Å². The van der Waals surface area contributed by atoms with Crippen LogP contribution in [0, 0.1) is 5.82 Å². The molecule has 9 heteroatoms. The fraction of sp³-hybridized carbons (Fsp3) is 0.381. The van der Waals surface area contributed by atoms with Gasteiger partial charge in [-0.25, -0.2) is 4.39 Å². The molecular formula is C21H28Cl2FN3O3. The predicted molar refractivity (Wildman–Crippen MR) is 120 cm³/mol. The lowest BCUT2D eigenvalue weighted by Crippen LogP contribution is -2.33. The minimum absolute atomic E-state index is 0. The number of rotatable bonds is 8. The van der Waals surface area contributed by atoms with Crippen LogP contribution in [-0.2, 0) is 6.54 Å². The van der Waals surface area contributed by atoms with Crippen LogP contribution < -0.4 is 20.5 Å². The molecule has 1 aliphatic rings. The third-order valence-electron chi connectivity index (χ3n) is 4.79. The van der Waals surface area contributed by atoms with E-state index < -0.39 is 5.82 Å². The monoisotopic (exact) mass is 459 g/mol. The fourth-order valence-corrected chi connectivity index (χ4v) is 3.21. The highest BCUT2D eigenvalue weighted by molar-refractivity contribution is 5.94. The number of nitrogens with two attached hydrogens (primary N) is 1. The van der Waals surface area contributed by atoms with E-state index in [1.165, 1.54) is 32.1 Å². The summed E-state index contributed by atoms with van der Waals surface area (Å²) in [5.41, 5.74) is 6.62. The zero-order valence-electron chi connectivity index (χ0n) is 16.9. The van der Waals surface area contributed by atoms with Crippen LogP contribution in [0.4, 0.5) is 4.39 Å². The van der Waals surface area contributed by atoms with Gasteiger partial charge in [-0.3, -0.25) is 4.79 Å². The molecule has 6 nitrogen and oxygen atoms in total. The molecule has 0 atom stereocenters. The summed E-state index contributed by atoms with van der Waals surface area (Å²) in [7, 11) is 1.49. The average molecular weight is 460 g/mol. The number of carbonyl (C=O) groups is 1. The summed E-state index contributed by atoms with van der Waals surface area (Å²) in [5.74, 6) is 0.00298. The lowest BCUT2D eigenvalue weighted by Gasteiger charge is -2.15. The molecule has 3 N–H and O–H groups in total. The Balaban J connectivity index is 0.00000225. The molecule has 0 aliphatic carbocycles. The minimum atomic E-state index is -0.523. The van der Waals surface area contributed by atoms with Gasteiger partial charge in [0.15, 0.2) is 23.1 Å². The van der Waals surface area contributed by atoms with Gasteiger partial charge in [-0.05, 0) is 61.8 Å². The van der Waals surface area contributed by atoms with Gasteiger partial charge in [0.1, 0.15) is 0 Å². The number of hydrogen-bond acceptors (Lipinski definition) is 5. The number of ether oxygens (including phenoxy) is 2. The first kappa shape index (κ1) is 26.0. The molecule has 166 valence electrons. The van der Waals surface area contributed by atoms with E-state index in [4.69, 9.17) is 15.2 Å². The Kier molecular flexibility index (Phi) is 10.9. The zero-order chi connectivity index (χ0) is 19.9. The smallest absolute Gasteiger partial charge is 0.251 e. The zero-order valence-corrected chi connectivity index (χ0v) is 18.5. The molecule has 1 aliphatic heterocycles. The van der Waals surface area contributed by atoms with Gasteiger partial charge in [0, 0.05) is 25.2 Å². The van der Waals surface area contributed by atoms with Crippen molar-refractivity contribution in [1.29, 1.82) is 0 Å². The Morgan fingerprint density at radius 3 is 2.43 bits per heavy atom. The summed E-state index contributed by atoms with van der Waals surface area (Å²) in [4.78, 5) is 14.8. The van der Waals surface area contributed by atoms with Gasteiger partial charge in [0.05, 0.1) is 7.11 Å². The van der Waals surface area contributed by atoms with Crippen LogP contribution in [0.3, 0.4) is 0 Å². The van der Waals surface area contributed by atoms with Gasteiger partial charge in [-0.15, -0.1) is 24.8 Å². The highest BCUT2D eigenvalue weighted by Crippen LogP contribution is 2.33. The van der Waals surface area contributed by atoms with E-state index >= 15 is 0 Å². The molecule has 1 amide bonds. The Morgan fingerprint density at radius 1 is 1.10 bits per heavy atom. The number of hydrogen-bond donors (Lipinski definition) is 2. The van der Waals surface area contributed by atoms with Crippen molar-refractivity contribution >= 4 is 30.7 Å². The van der Waals surface area contributed by atoms with E-state index in [9.17, 15) is 9.18 Å². The topological polar surface area (TPSA) is 76.8 Å². The van der Waals surface area contributed by atoms with Gasteiger partial charge < -0.3 is 25.4 Å². The summed E-state index contributed by atoms with van der Waals surface area (Å²) in [6.07, 6.45) is 2.44. The first-order valence-electron chi connectivity index (χ1n) is 9.45. The number of nitrogens with zero attached hydrogens (tertiary/aromatic N) is 1. The molecule has 0 saturated carbocycles. The Hall–Kier alpha value is -2.06. The van der Waals surface area contributed by atoms with Crippen LogP contribution in [0.1, 0.15) is 28.8 Å². The number of likely N-dealkylation sites (tertiary alicyclic amines) is 1. The van der Waals surface area contributed by atoms with Crippen molar-refractivity contribution in [2.45, 2.75) is 19.4 Å². The molecule has 1 fully saturated rings. The number of halogens is 3. The molecular weight excluding hydrogens is 432 g/mol. The molecule has 0 unspecified atom stereocenters. The summed E-state index contributed by atoms with van der Waals surface area (Å²) >= 11 is 0. The summed E-state index contributed by atoms with van der Waals surface area (Å²) in [6.45, 7) is 3.84. The summed E-state index contributed by atoms with van der Waals surface area (Å²) in [6, 6.07) is 9.39. The van der Waals surface area contributed by atoms with Crippen molar-refractivity contribution < 1.29 is 18.7 Å². The average Bonchev–Trinajstić information content (AvgIpc) is 3.22. The maximum atomic E-state index is 14.2. The molecule has 3 rings (SSSR count). The second-order valence-corrected chi connectivity index (χ2v) is 6.74. The molecule has 0 radical (unpaired) electrons. The highest BCUT2D eigenvalue weighted by atomic mass is 35.5. The molecule has 2 aromatic carbocycles. The summed E-state index contributed by atoms with van der Waals surface area (Å²) in [5, 5.41) is 2.92. The quantitative estimate of drug-likeness (QED) is 0.628. The molecule has 0 spiro atoms. The van der Waals surface area contributed by atoms with Crippen LogP contribution in [-0.4, -0.2) is 44.1 Å². The van der Waals surface area contributed by atoms with Crippen LogP contribution in [0.25, 0.3) is 0 Å². The molecule has 30 heavy (non-hydrogen) atoms. The van der Waals surface area contributed by atoms with Gasteiger partial charge >= 0.3 is 0 Å². The largest absolute Gasteiger partial charge is 0.493 e. The number of nitrogens with one attached hydrogen (secondary N) is 1. The van der Waals surface area contributed by atoms with Gasteiger partial charge in [0.2, 0.25) is 0 Å². The van der Waals surface area contributed by atoms with Gasteiger partial charge in [-0.2, -0.15) is 0 Å². The molecule has 1 heterocycles. The highest BCUT2D eigenvalue weighted by Gasteiger charge is 2.15. The minimum Gasteiger partial charge on any atom is -0.493 e. The van der Waals surface area contributed by atoms with Crippen molar-refractivity contribution in [2.75, 3.05) is 33.3 Å². The van der Waals surface area contributed by atoms with E-state index in [0.717, 1.165) is 19.6 Å². The van der Waals surface area contributed by atoms with Crippen molar-refractivity contribution in [3.8, 4) is 17.2 Å². The fourth-order valence-electron chi connectivity index (χ4n) is 3.21. The van der Waals surface area contributed by atoms with Crippen LogP contribution >= 0.6 is 24.8 Å². The molecule has 2 aromatic rings. The van der Waals surface area contributed by atoms with E-state index in [1.807, 2.05) is 0 Å². The lowest BCUT2D eigenvalue weighted by molar-refractivity contribution is 0.0949. The Bertz CT molecular complexity index is 833. The van der Waals surface area contributed by atoms with Crippen LogP contribution in [0.5, 0.6) is 17.2 Å². The number of benzene rings is 2. The Morgan fingerprint density at radius 2 is 1.80 bits per heavy atom. The standard InChI is InChI=1S/C21H26FN3O3.2ClH/c1-27-19-7-5-16(21(26)24-8-11-25-9-2-3-10-25)13-20(19)28-18-6-4-15(14-23)12-17(18)22;;/h4-7,12-13H,2-3,8-11,14,23H2,1H3,(H,24,26);2*1H. The van der Waals surface area contributed by atoms with Gasteiger partial charge in [0.25, 0.3) is 5.91 Å². The SMILES string of the molecule is COc1ccc(C(=O)NCCN2CCCC2)cc1Oc1ccc(CN)cc1F.Cl.Cl. The third kappa shape index (κ3) is 6.74. The maximum absolute atomic E-state index is 14.2. The van der Waals surface area contributed by atoms with Crippen molar-refractivity contribution in [3.05, 3.63) is 53.3 Å². The van der Waals surface area contributed by atoms with E-state index in [2.05, 4.69) is 10.2 Å². The van der Waals surface area contributed by atoms with E-state index in [1.54, 1.807) is 24.3 Å². The molecule has 0 aromatic heterocycles. The van der Waals surface area contributed by atoms with E-state index in [-0.39, 0.29) is 48.8 Å². The third-order valence-corrected chi connectivity index (χ3v) is 4.79. The molecule has 0 bridgehead atoms. The first-order chi connectivity index (χ1) is 13.6. The predicted octanol–water partition coefficient (Wildman–Crippen LogP) is 3.75. The van der Waals surface area contributed by atoms with Crippen LogP contribution in [0.15, 0.2) is 36.4 Å². The second-order valence-electron chi connectivity index (χ2n) is 6.74. The normalized spacial score (nSPS) is 13.2. The summed E-state index contributed by atoms with van der Waals surface area (Å²) < 4.78 is 25.2. The van der Waals surface area contributed by atoms with Crippen LogP contribution in [0.2, 0.25) is 0 Å². The lowest BCUT2D eigenvalue weighted by atomic mass is 10.1. The second kappa shape index (κ2) is 12.6. The van der Waals surface area contributed by atoms with Crippen molar-refractivity contribution in [2.24, 2.45) is 5.73 Å². The number of carbonyl (C=O) groups excluding carboxylic acids is 1. The Labute approximate surface area is 188 Å². The van der Waals surface area contributed by atoms with E-state index in [0.29, 0.717) is 23.4 Å². The first-order valence-corrected chi connectivity index (χ1v) is 9.45. The van der Waals surface area contributed by atoms with Crippen molar-refractivity contribution in [3.63, 3.8) is 0 Å². The van der Waals surface area contributed by atoms with Gasteiger partial charge in [-0.1, -0.05) is 6.07 Å². The number of amides is 1. The number of methoxy groups -OCH3 is 1. The maximum Gasteiger partial charge on any atom is 0.251 e.